The first kappa shape index (κ1) is 17.9. The Balaban J connectivity index is 2.44. The Hall–Kier alpha value is -2.41. The largest absolute Gasteiger partial charge is 0.480 e. The molecule has 1 aromatic heterocycles. The average Bonchev–Trinajstić information content (AvgIpc) is 2.96. The lowest BCUT2D eigenvalue weighted by atomic mass is 10.1. The predicted molar refractivity (Wildman–Crippen MR) is 89.6 cm³/mol. The molecule has 1 amide bonds. The Morgan fingerprint density at radius 2 is 2.08 bits per heavy atom. The zero-order valence-electron chi connectivity index (χ0n) is 13.6. The molecule has 0 spiro atoms. The predicted octanol–water partition coefficient (Wildman–Crippen LogP) is 2.42. The van der Waals surface area contributed by atoms with Crippen molar-refractivity contribution in [2.75, 3.05) is 13.1 Å². The molecule has 0 saturated heterocycles. The number of amides is 1. The van der Waals surface area contributed by atoms with Gasteiger partial charge in [0.15, 0.2) is 5.69 Å². The molecule has 1 aromatic carbocycles. The normalized spacial score (nSPS) is 10.6. The van der Waals surface area contributed by atoms with Crippen LogP contribution in [0.15, 0.2) is 24.3 Å². The summed E-state index contributed by atoms with van der Waals surface area (Å²) in [5, 5.41) is 17.6. The minimum Gasteiger partial charge on any atom is -0.480 e. The van der Waals surface area contributed by atoms with E-state index in [1.165, 1.54) is 4.90 Å². The Morgan fingerprint density at radius 1 is 1.33 bits per heavy atom. The maximum atomic E-state index is 12.6. The standard InChI is InChI=1S/C16H19ClN4O3/c1-3-6-13-15(16(24)20(4-2)10-14(22)23)18-19-21(13)12-8-5-7-11(17)9-12/h5,7-9H,3-4,6,10H2,1-2H3,(H,22,23). The van der Waals surface area contributed by atoms with Crippen molar-refractivity contribution in [2.45, 2.75) is 26.7 Å². The van der Waals surface area contributed by atoms with Gasteiger partial charge in [0.2, 0.25) is 0 Å². The smallest absolute Gasteiger partial charge is 0.323 e. The second-order valence-electron chi connectivity index (χ2n) is 5.24. The number of carboxylic acid groups (broad SMARTS) is 1. The lowest BCUT2D eigenvalue weighted by Gasteiger charge is -2.17. The summed E-state index contributed by atoms with van der Waals surface area (Å²) in [4.78, 5) is 24.8. The van der Waals surface area contributed by atoms with Crippen LogP contribution < -0.4 is 0 Å². The molecule has 0 aliphatic heterocycles. The molecule has 0 bridgehead atoms. The van der Waals surface area contributed by atoms with Crippen LogP contribution in [0.1, 0.15) is 36.5 Å². The minimum atomic E-state index is -1.07. The number of carbonyl (C=O) groups excluding carboxylic acids is 1. The van der Waals surface area contributed by atoms with Gasteiger partial charge in [-0.25, -0.2) is 4.68 Å². The fourth-order valence-corrected chi connectivity index (χ4v) is 2.57. The van der Waals surface area contributed by atoms with Gasteiger partial charge in [0.25, 0.3) is 5.91 Å². The molecule has 2 rings (SSSR count). The summed E-state index contributed by atoms with van der Waals surface area (Å²) in [5.74, 6) is -1.50. The third-order valence-corrected chi connectivity index (χ3v) is 3.74. The van der Waals surface area contributed by atoms with E-state index in [9.17, 15) is 9.59 Å². The fraction of sp³-hybridized carbons (Fsp3) is 0.375. The van der Waals surface area contributed by atoms with Gasteiger partial charge in [-0.05, 0) is 31.5 Å². The molecule has 0 aliphatic rings. The summed E-state index contributed by atoms with van der Waals surface area (Å²) in [6.07, 6.45) is 1.38. The monoisotopic (exact) mass is 350 g/mol. The van der Waals surface area contributed by atoms with Crippen LogP contribution in [-0.2, 0) is 11.2 Å². The summed E-state index contributed by atoms with van der Waals surface area (Å²) in [6.45, 7) is 3.62. The second-order valence-corrected chi connectivity index (χ2v) is 5.68. The van der Waals surface area contributed by atoms with Crippen LogP contribution in [0.2, 0.25) is 5.02 Å². The SMILES string of the molecule is CCCc1c(C(=O)N(CC)CC(=O)O)nnn1-c1cccc(Cl)c1. The molecule has 1 N–H and O–H groups in total. The topological polar surface area (TPSA) is 88.3 Å². The first-order valence-electron chi connectivity index (χ1n) is 7.69. The minimum absolute atomic E-state index is 0.180. The zero-order chi connectivity index (χ0) is 17.7. The number of rotatable bonds is 7. The van der Waals surface area contributed by atoms with Crippen LogP contribution in [0.4, 0.5) is 0 Å². The van der Waals surface area contributed by atoms with Crippen LogP contribution in [-0.4, -0.2) is 50.0 Å². The first-order chi connectivity index (χ1) is 11.5. The molecule has 8 heteroatoms. The molecule has 0 unspecified atom stereocenters. The summed E-state index contributed by atoms with van der Waals surface area (Å²) in [6, 6.07) is 7.10. The highest BCUT2D eigenvalue weighted by atomic mass is 35.5. The van der Waals surface area contributed by atoms with Gasteiger partial charge in [-0.15, -0.1) is 5.10 Å². The van der Waals surface area contributed by atoms with Gasteiger partial charge in [-0.1, -0.05) is 36.2 Å². The van der Waals surface area contributed by atoms with Crippen LogP contribution in [0, 0.1) is 0 Å². The third kappa shape index (κ3) is 3.91. The van der Waals surface area contributed by atoms with Crippen molar-refractivity contribution in [2.24, 2.45) is 0 Å². The van der Waals surface area contributed by atoms with E-state index in [-0.39, 0.29) is 18.8 Å². The lowest BCUT2D eigenvalue weighted by molar-refractivity contribution is -0.137. The van der Waals surface area contributed by atoms with Crippen molar-refractivity contribution in [3.8, 4) is 5.69 Å². The molecule has 7 nitrogen and oxygen atoms in total. The molecule has 24 heavy (non-hydrogen) atoms. The Labute approximate surface area is 144 Å². The number of carboxylic acids is 1. The van der Waals surface area contributed by atoms with E-state index < -0.39 is 11.9 Å². The number of aliphatic carboxylic acids is 1. The van der Waals surface area contributed by atoms with Gasteiger partial charge in [0, 0.05) is 11.6 Å². The van der Waals surface area contributed by atoms with E-state index in [1.807, 2.05) is 13.0 Å². The molecule has 1 heterocycles. The number of nitrogens with zero attached hydrogens (tertiary/aromatic N) is 4. The van der Waals surface area contributed by atoms with E-state index in [2.05, 4.69) is 10.3 Å². The quantitative estimate of drug-likeness (QED) is 0.828. The summed E-state index contributed by atoms with van der Waals surface area (Å²) in [5.41, 5.74) is 1.53. The Kier molecular flexibility index (Phi) is 5.92. The Bertz CT molecular complexity index is 745. The van der Waals surface area contributed by atoms with E-state index in [0.717, 1.165) is 6.42 Å². The highest BCUT2D eigenvalue weighted by Crippen LogP contribution is 2.19. The number of hydrogen-bond acceptors (Lipinski definition) is 4. The molecule has 0 saturated carbocycles. The summed E-state index contributed by atoms with van der Waals surface area (Å²) in [7, 11) is 0. The highest BCUT2D eigenvalue weighted by molar-refractivity contribution is 6.30. The Morgan fingerprint density at radius 3 is 2.67 bits per heavy atom. The first-order valence-corrected chi connectivity index (χ1v) is 8.07. The van der Waals surface area contributed by atoms with Crippen molar-refractivity contribution in [1.82, 2.24) is 19.9 Å². The van der Waals surface area contributed by atoms with Gasteiger partial charge in [-0.2, -0.15) is 0 Å². The molecule has 2 aromatic rings. The van der Waals surface area contributed by atoms with E-state index in [1.54, 1.807) is 29.8 Å². The van der Waals surface area contributed by atoms with Gasteiger partial charge in [-0.3, -0.25) is 9.59 Å². The van der Waals surface area contributed by atoms with Crippen molar-refractivity contribution >= 4 is 23.5 Å². The molecular formula is C16H19ClN4O3. The second kappa shape index (κ2) is 7.92. The maximum Gasteiger partial charge on any atom is 0.323 e. The van der Waals surface area contributed by atoms with Crippen LogP contribution in [0.5, 0.6) is 0 Å². The van der Waals surface area contributed by atoms with Gasteiger partial charge < -0.3 is 10.0 Å². The van der Waals surface area contributed by atoms with Crippen molar-refractivity contribution in [1.29, 1.82) is 0 Å². The van der Waals surface area contributed by atoms with Crippen molar-refractivity contribution in [3.63, 3.8) is 0 Å². The van der Waals surface area contributed by atoms with E-state index >= 15 is 0 Å². The van der Waals surface area contributed by atoms with Crippen LogP contribution in [0.3, 0.4) is 0 Å². The number of benzene rings is 1. The van der Waals surface area contributed by atoms with Gasteiger partial charge in [0.1, 0.15) is 6.54 Å². The zero-order valence-corrected chi connectivity index (χ0v) is 14.3. The van der Waals surface area contributed by atoms with Gasteiger partial charge >= 0.3 is 5.97 Å². The molecular weight excluding hydrogens is 332 g/mol. The number of halogens is 1. The molecule has 0 aliphatic carbocycles. The summed E-state index contributed by atoms with van der Waals surface area (Å²) >= 11 is 6.02. The van der Waals surface area contributed by atoms with E-state index in [0.29, 0.717) is 22.8 Å². The number of likely N-dealkylation sites (N-methyl/N-ethyl adjacent to an activating group) is 1. The molecule has 128 valence electrons. The van der Waals surface area contributed by atoms with Crippen molar-refractivity contribution < 1.29 is 14.7 Å². The number of aromatic nitrogens is 3. The average molecular weight is 351 g/mol. The van der Waals surface area contributed by atoms with Crippen LogP contribution in [0.25, 0.3) is 5.69 Å². The van der Waals surface area contributed by atoms with Crippen molar-refractivity contribution in [3.05, 3.63) is 40.7 Å². The maximum absolute atomic E-state index is 12.6. The lowest BCUT2D eigenvalue weighted by Crippen LogP contribution is -2.36. The van der Waals surface area contributed by atoms with Crippen LogP contribution >= 0.6 is 11.6 Å². The highest BCUT2D eigenvalue weighted by Gasteiger charge is 2.25. The number of carbonyl (C=O) groups is 2. The number of hydrogen-bond donors (Lipinski definition) is 1. The molecule has 0 radical (unpaired) electrons. The molecule has 0 atom stereocenters. The molecule has 0 fully saturated rings. The third-order valence-electron chi connectivity index (χ3n) is 3.50. The van der Waals surface area contributed by atoms with Gasteiger partial charge in [0.05, 0.1) is 11.4 Å². The summed E-state index contributed by atoms with van der Waals surface area (Å²) < 4.78 is 1.58. The fourth-order valence-electron chi connectivity index (χ4n) is 2.38. The van der Waals surface area contributed by atoms with E-state index in [4.69, 9.17) is 16.7 Å².